The van der Waals surface area contributed by atoms with Crippen LogP contribution in [0.25, 0.3) is 11.4 Å². The van der Waals surface area contributed by atoms with Crippen molar-refractivity contribution in [3.8, 4) is 11.4 Å². The number of thioether (sulfide) groups is 1. The molecule has 6 nitrogen and oxygen atoms in total. The maximum absolute atomic E-state index is 12.3. The standard InChI is InChI=1S/C20H20N4O2S/c1-13-8-10-15(11-9-13)19-22-23-20(24(19)3)27-12-18(26)21-17-7-5-4-6-16(17)14(2)25/h4-11H,12H2,1-3H3,(H,21,26). The minimum Gasteiger partial charge on any atom is -0.325 e. The summed E-state index contributed by atoms with van der Waals surface area (Å²) in [7, 11) is 1.88. The highest BCUT2D eigenvalue weighted by Crippen LogP contribution is 2.23. The monoisotopic (exact) mass is 380 g/mol. The van der Waals surface area contributed by atoms with Crippen molar-refractivity contribution in [1.29, 1.82) is 0 Å². The summed E-state index contributed by atoms with van der Waals surface area (Å²) in [4.78, 5) is 23.9. The topological polar surface area (TPSA) is 76.9 Å². The van der Waals surface area contributed by atoms with E-state index in [0.29, 0.717) is 16.4 Å². The fourth-order valence-corrected chi connectivity index (χ4v) is 3.32. The molecule has 0 aliphatic carbocycles. The van der Waals surface area contributed by atoms with E-state index >= 15 is 0 Å². The third-order valence-electron chi connectivity index (χ3n) is 4.06. The van der Waals surface area contributed by atoms with Crippen LogP contribution >= 0.6 is 11.8 Å². The highest BCUT2D eigenvalue weighted by molar-refractivity contribution is 7.99. The number of hydrogen-bond acceptors (Lipinski definition) is 5. The van der Waals surface area contributed by atoms with Crippen molar-refractivity contribution in [2.45, 2.75) is 19.0 Å². The molecule has 138 valence electrons. The van der Waals surface area contributed by atoms with Gasteiger partial charge in [0.25, 0.3) is 0 Å². The number of nitrogens with zero attached hydrogens (tertiary/aromatic N) is 3. The second kappa shape index (κ2) is 8.18. The Morgan fingerprint density at radius 1 is 1.07 bits per heavy atom. The molecule has 27 heavy (non-hydrogen) atoms. The molecule has 0 saturated carbocycles. The number of para-hydroxylation sites is 1. The molecule has 1 heterocycles. The Hall–Kier alpha value is -2.93. The number of rotatable bonds is 6. The van der Waals surface area contributed by atoms with Crippen LogP contribution in [0.4, 0.5) is 5.69 Å². The summed E-state index contributed by atoms with van der Waals surface area (Å²) in [5, 5.41) is 11.9. The van der Waals surface area contributed by atoms with Crippen LogP contribution in [0.15, 0.2) is 53.7 Å². The molecule has 0 aliphatic rings. The molecule has 0 saturated heterocycles. The van der Waals surface area contributed by atoms with Crippen LogP contribution in [-0.4, -0.2) is 32.2 Å². The maximum atomic E-state index is 12.3. The van der Waals surface area contributed by atoms with Crippen LogP contribution in [-0.2, 0) is 11.8 Å². The number of aryl methyl sites for hydroxylation is 1. The lowest BCUT2D eigenvalue weighted by Gasteiger charge is -2.09. The van der Waals surface area contributed by atoms with Gasteiger partial charge < -0.3 is 9.88 Å². The molecule has 0 fully saturated rings. The highest BCUT2D eigenvalue weighted by atomic mass is 32.2. The minimum absolute atomic E-state index is 0.0883. The molecule has 1 aromatic heterocycles. The molecule has 0 spiro atoms. The van der Waals surface area contributed by atoms with Gasteiger partial charge in [0.1, 0.15) is 0 Å². The van der Waals surface area contributed by atoms with Crippen molar-refractivity contribution < 1.29 is 9.59 Å². The number of anilines is 1. The van der Waals surface area contributed by atoms with Crippen molar-refractivity contribution in [1.82, 2.24) is 14.8 Å². The molecule has 3 rings (SSSR count). The summed E-state index contributed by atoms with van der Waals surface area (Å²) in [6.45, 7) is 3.51. The smallest absolute Gasteiger partial charge is 0.234 e. The van der Waals surface area contributed by atoms with Crippen LogP contribution in [0.3, 0.4) is 0 Å². The van der Waals surface area contributed by atoms with E-state index in [1.54, 1.807) is 24.3 Å². The number of amides is 1. The van der Waals surface area contributed by atoms with E-state index in [1.807, 2.05) is 42.8 Å². The Balaban J connectivity index is 1.66. The fourth-order valence-electron chi connectivity index (χ4n) is 2.61. The maximum Gasteiger partial charge on any atom is 0.234 e. The molecule has 2 aromatic carbocycles. The number of carbonyl (C=O) groups excluding carboxylic acids is 2. The second-order valence-corrected chi connectivity index (χ2v) is 7.11. The van der Waals surface area contributed by atoms with Crippen LogP contribution < -0.4 is 5.32 Å². The summed E-state index contributed by atoms with van der Waals surface area (Å²) < 4.78 is 1.87. The molecule has 0 unspecified atom stereocenters. The zero-order chi connectivity index (χ0) is 19.4. The van der Waals surface area contributed by atoms with Gasteiger partial charge in [-0.05, 0) is 26.0 Å². The molecule has 0 atom stereocenters. The van der Waals surface area contributed by atoms with E-state index in [-0.39, 0.29) is 17.4 Å². The number of aromatic nitrogens is 3. The zero-order valence-corrected chi connectivity index (χ0v) is 16.2. The first-order valence-electron chi connectivity index (χ1n) is 8.44. The van der Waals surface area contributed by atoms with Gasteiger partial charge in [0.2, 0.25) is 5.91 Å². The minimum atomic E-state index is -0.200. The Kier molecular flexibility index (Phi) is 5.71. The van der Waals surface area contributed by atoms with Gasteiger partial charge in [-0.2, -0.15) is 0 Å². The van der Waals surface area contributed by atoms with Crippen molar-refractivity contribution in [3.63, 3.8) is 0 Å². The lowest BCUT2D eigenvalue weighted by molar-refractivity contribution is -0.113. The predicted molar refractivity (Wildman–Crippen MR) is 107 cm³/mol. The molecule has 0 radical (unpaired) electrons. The molecule has 1 amide bonds. The molecule has 0 aliphatic heterocycles. The van der Waals surface area contributed by atoms with E-state index < -0.39 is 0 Å². The summed E-state index contributed by atoms with van der Waals surface area (Å²) in [5.74, 6) is 0.634. The van der Waals surface area contributed by atoms with Crippen LogP contribution in [0.2, 0.25) is 0 Å². The van der Waals surface area contributed by atoms with Gasteiger partial charge in [0.15, 0.2) is 16.8 Å². The van der Waals surface area contributed by atoms with E-state index in [9.17, 15) is 9.59 Å². The lowest BCUT2D eigenvalue weighted by Crippen LogP contribution is -2.16. The second-order valence-electron chi connectivity index (χ2n) is 6.17. The third kappa shape index (κ3) is 4.43. The molecule has 0 bridgehead atoms. The Labute approximate surface area is 162 Å². The number of hydrogen-bond donors (Lipinski definition) is 1. The van der Waals surface area contributed by atoms with Gasteiger partial charge >= 0.3 is 0 Å². The summed E-state index contributed by atoms with van der Waals surface area (Å²) >= 11 is 1.30. The van der Waals surface area contributed by atoms with Gasteiger partial charge in [0, 0.05) is 18.2 Å². The summed E-state index contributed by atoms with van der Waals surface area (Å²) in [6, 6.07) is 15.0. The number of benzene rings is 2. The number of nitrogens with one attached hydrogen (secondary N) is 1. The normalized spacial score (nSPS) is 10.6. The van der Waals surface area contributed by atoms with Crippen molar-refractivity contribution in [3.05, 3.63) is 59.7 Å². The quantitative estimate of drug-likeness (QED) is 0.521. The SMILES string of the molecule is CC(=O)c1ccccc1NC(=O)CSc1nnc(-c2ccc(C)cc2)n1C. The highest BCUT2D eigenvalue weighted by Gasteiger charge is 2.14. The number of ketones is 1. The van der Waals surface area contributed by atoms with Gasteiger partial charge in [-0.25, -0.2) is 0 Å². The Morgan fingerprint density at radius 3 is 2.48 bits per heavy atom. The third-order valence-corrected chi connectivity index (χ3v) is 5.08. The predicted octanol–water partition coefficient (Wildman–Crippen LogP) is 3.72. The lowest BCUT2D eigenvalue weighted by atomic mass is 10.1. The van der Waals surface area contributed by atoms with Crippen molar-refractivity contribution in [2.75, 3.05) is 11.1 Å². The van der Waals surface area contributed by atoms with E-state index in [4.69, 9.17) is 0 Å². The summed E-state index contributed by atoms with van der Waals surface area (Å²) in [5.41, 5.74) is 3.17. The fraction of sp³-hybridized carbons (Fsp3) is 0.200. The molecule has 7 heteroatoms. The van der Waals surface area contributed by atoms with E-state index in [2.05, 4.69) is 15.5 Å². The van der Waals surface area contributed by atoms with E-state index in [0.717, 1.165) is 11.4 Å². The first-order chi connectivity index (χ1) is 13.0. The molecule has 1 N–H and O–H groups in total. The summed E-state index contributed by atoms with van der Waals surface area (Å²) in [6.07, 6.45) is 0. The average Bonchev–Trinajstić information content (AvgIpc) is 3.01. The van der Waals surface area contributed by atoms with Gasteiger partial charge in [-0.3, -0.25) is 9.59 Å². The van der Waals surface area contributed by atoms with Gasteiger partial charge in [0.05, 0.1) is 11.4 Å². The van der Waals surface area contributed by atoms with Crippen LogP contribution in [0.1, 0.15) is 22.8 Å². The largest absolute Gasteiger partial charge is 0.325 e. The number of Topliss-reactive ketones (excluding diaryl/α,β-unsaturated/α-hetero) is 1. The van der Waals surface area contributed by atoms with E-state index in [1.165, 1.54) is 24.2 Å². The number of carbonyl (C=O) groups is 2. The Bertz CT molecular complexity index is 980. The van der Waals surface area contributed by atoms with Gasteiger partial charge in [-0.1, -0.05) is 53.7 Å². The van der Waals surface area contributed by atoms with Crippen LogP contribution in [0, 0.1) is 6.92 Å². The first kappa shape index (κ1) is 18.8. The molecular weight excluding hydrogens is 360 g/mol. The Morgan fingerprint density at radius 2 is 1.78 bits per heavy atom. The van der Waals surface area contributed by atoms with Crippen LogP contribution in [0.5, 0.6) is 0 Å². The first-order valence-corrected chi connectivity index (χ1v) is 9.43. The molecular formula is C20H20N4O2S. The molecule has 3 aromatic rings. The van der Waals surface area contributed by atoms with Crippen molar-refractivity contribution >= 4 is 29.1 Å². The average molecular weight is 380 g/mol. The van der Waals surface area contributed by atoms with Gasteiger partial charge in [-0.15, -0.1) is 10.2 Å². The van der Waals surface area contributed by atoms with Crippen molar-refractivity contribution in [2.24, 2.45) is 7.05 Å². The zero-order valence-electron chi connectivity index (χ0n) is 15.4.